The quantitative estimate of drug-likeness (QED) is 0.154. The van der Waals surface area contributed by atoms with Gasteiger partial charge in [0.15, 0.2) is 0 Å². The summed E-state index contributed by atoms with van der Waals surface area (Å²) in [4.78, 5) is 0. The Morgan fingerprint density at radius 3 is 2.05 bits per heavy atom. The van der Waals surface area contributed by atoms with Crippen molar-refractivity contribution < 1.29 is 13.9 Å². The molecular formula is C55H60N4O+2. The van der Waals surface area contributed by atoms with Crippen molar-refractivity contribution in [3.05, 3.63) is 167 Å². The van der Waals surface area contributed by atoms with Gasteiger partial charge in [-0.05, 0) is 71.4 Å². The summed E-state index contributed by atoms with van der Waals surface area (Å²) >= 11 is 0. The summed E-state index contributed by atoms with van der Waals surface area (Å²) in [6.07, 6.45) is 14.6. The first kappa shape index (κ1) is 38.5. The van der Waals surface area contributed by atoms with Gasteiger partial charge in [0.05, 0.1) is 17.5 Å². The molecule has 1 aliphatic carbocycles. The zero-order valence-corrected chi connectivity index (χ0v) is 36.7. The Labute approximate surface area is 357 Å². The highest BCUT2D eigenvalue weighted by Crippen LogP contribution is 2.51. The zero-order chi connectivity index (χ0) is 41.6. The number of imidazole rings is 2. The third-order valence-electron chi connectivity index (χ3n) is 14.0. The highest BCUT2D eigenvalue weighted by atomic mass is 16.5. The molecule has 10 rings (SSSR count). The number of hydrogen-bond donors (Lipinski definition) is 0. The van der Waals surface area contributed by atoms with E-state index in [1.54, 1.807) is 0 Å². The van der Waals surface area contributed by atoms with Crippen LogP contribution in [0.5, 0.6) is 5.75 Å². The molecule has 4 atom stereocenters. The van der Waals surface area contributed by atoms with E-state index in [0.29, 0.717) is 23.7 Å². The number of para-hydroxylation sites is 2. The van der Waals surface area contributed by atoms with Crippen LogP contribution in [0, 0.1) is 11.8 Å². The van der Waals surface area contributed by atoms with Crippen LogP contribution in [-0.4, -0.2) is 15.2 Å². The smallest absolute Gasteiger partial charge is 0.299 e. The van der Waals surface area contributed by atoms with Gasteiger partial charge < -0.3 is 4.74 Å². The molecule has 5 heterocycles. The predicted octanol–water partition coefficient (Wildman–Crippen LogP) is 12.6. The summed E-state index contributed by atoms with van der Waals surface area (Å²) in [5, 5.41) is 0. The molecule has 4 unspecified atom stereocenters. The van der Waals surface area contributed by atoms with Gasteiger partial charge in [0.2, 0.25) is 0 Å². The Morgan fingerprint density at radius 1 is 0.667 bits per heavy atom. The van der Waals surface area contributed by atoms with E-state index < -0.39 is 0 Å². The Kier molecular flexibility index (Phi) is 9.50. The summed E-state index contributed by atoms with van der Waals surface area (Å²) in [6, 6.07) is 34.1. The molecule has 4 aromatic carbocycles. The maximum absolute atomic E-state index is 6.91. The Hall–Kier alpha value is -5.68. The second-order valence-corrected chi connectivity index (χ2v) is 18.9. The lowest BCUT2D eigenvalue weighted by Gasteiger charge is -2.33. The lowest BCUT2D eigenvalue weighted by atomic mass is 9.76. The fraction of sp³-hybridized carbons (Fsp3) is 0.345. The van der Waals surface area contributed by atoms with Gasteiger partial charge >= 0.3 is 0 Å². The van der Waals surface area contributed by atoms with E-state index >= 15 is 0 Å². The van der Waals surface area contributed by atoms with E-state index in [1.807, 2.05) is 0 Å². The minimum absolute atomic E-state index is 0.0418. The van der Waals surface area contributed by atoms with Gasteiger partial charge in [0.25, 0.3) is 11.6 Å². The molecule has 0 amide bonds. The highest BCUT2D eigenvalue weighted by molar-refractivity contribution is 5.72. The molecule has 4 aliphatic rings. The molecule has 0 fully saturated rings. The molecule has 0 spiro atoms. The molecule has 0 radical (unpaired) electrons. The highest BCUT2D eigenvalue weighted by Gasteiger charge is 2.47. The van der Waals surface area contributed by atoms with E-state index in [2.05, 4.69) is 196 Å². The summed E-state index contributed by atoms with van der Waals surface area (Å²) in [5.74, 6) is 5.36. The van der Waals surface area contributed by atoms with Crippen molar-refractivity contribution in [3.63, 3.8) is 0 Å². The van der Waals surface area contributed by atoms with Crippen LogP contribution in [0.1, 0.15) is 126 Å². The minimum Gasteiger partial charge on any atom is -0.485 e. The first-order valence-corrected chi connectivity index (χ1v) is 22.5. The van der Waals surface area contributed by atoms with Gasteiger partial charge in [-0.25, -0.2) is 4.57 Å². The van der Waals surface area contributed by atoms with E-state index in [-0.39, 0.29) is 24.0 Å². The SMILES string of the molecule is C=C1CC2C(CCc3ccccc3-c3n1cc[n+]3C1=C(C(C)C)C3Oc4ccccc4C3C=C1C(C)C)c1ccccc1-c1n(-c3c(C(C)C)cccc3C(C)C)cc[n+]12. The number of hydrogen-bond acceptors (Lipinski definition) is 1. The normalized spacial score (nSPS) is 20.6. The lowest BCUT2D eigenvalue weighted by molar-refractivity contribution is -0.716. The number of benzene rings is 4. The molecule has 5 heteroatoms. The second-order valence-electron chi connectivity index (χ2n) is 18.9. The zero-order valence-electron chi connectivity index (χ0n) is 36.7. The third-order valence-corrected chi connectivity index (χ3v) is 14.0. The van der Waals surface area contributed by atoms with Crippen molar-refractivity contribution in [2.24, 2.45) is 11.8 Å². The number of aromatic nitrogens is 4. The first-order chi connectivity index (χ1) is 29.0. The molecule has 0 saturated carbocycles. The number of fused-ring (bicyclic) bond motifs is 12. The van der Waals surface area contributed by atoms with Crippen LogP contribution in [-0.2, 0) is 6.42 Å². The fourth-order valence-electron chi connectivity index (χ4n) is 11.2. The molecule has 304 valence electrons. The van der Waals surface area contributed by atoms with Gasteiger partial charge in [-0.2, -0.15) is 13.7 Å². The average Bonchev–Trinajstić information content (AvgIpc) is 3.98. The predicted molar refractivity (Wildman–Crippen MR) is 244 cm³/mol. The Balaban J connectivity index is 1.16. The maximum Gasteiger partial charge on any atom is 0.299 e. The minimum atomic E-state index is -0.0418. The first-order valence-electron chi connectivity index (χ1n) is 22.5. The van der Waals surface area contributed by atoms with Gasteiger partial charge in [-0.15, -0.1) is 0 Å². The van der Waals surface area contributed by atoms with Crippen molar-refractivity contribution in [3.8, 4) is 34.2 Å². The molecule has 60 heavy (non-hydrogen) atoms. The second kappa shape index (κ2) is 14.8. The van der Waals surface area contributed by atoms with Gasteiger partial charge in [-0.1, -0.05) is 141 Å². The van der Waals surface area contributed by atoms with Crippen LogP contribution in [0.3, 0.4) is 0 Å². The van der Waals surface area contributed by atoms with E-state index in [1.165, 1.54) is 73.1 Å². The molecule has 0 N–H and O–H groups in total. The van der Waals surface area contributed by atoms with Crippen molar-refractivity contribution in [2.45, 2.75) is 110 Å². The van der Waals surface area contributed by atoms with E-state index in [4.69, 9.17) is 11.3 Å². The number of aryl methyl sites for hydroxylation is 1. The van der Waals surface area contributed by atoms with Crippen LogP contribution in [0.25, 0.3) is 39.9 Å². The fourth-order valence-corrected chi connectivity index (χ4v) is 11.2. The van der Waals surface area contributed by atoms with E-state index in [9.17, 15) is 0 Å². The topological polar surface area (TPSA) is 26.8 Å². The Bertz CT molecular complexity index is 2710. The van der Waals surface area contributed by atoms with Crippen LogP contribution in [0.2, 0.25) is 0 Å². The molecule has 2 aromatic heterocycles. The summed E-state index contributed by atoms with van der Waals surface area (Å²) < 4.78 is 17.0. The average molecular weight is 793 g/mol. The largest absolute Gasteiger partial charge is 0.485 e. The van der Waals surface area contributed by atoms with Crippen LogP contribution < -0.4 is 13.9 Å². The van der Waals surface area contributed by atoms with Gasteiger partial charge in [-0.3, -0.25) is 0 Å². The van der Waals surface area contributed by atoms with Crippen LogP contribution >= 0.6 is 0 Å². The number of rotatable bonds is 6. The molecule has 0 saturated heterocycles. The van der Waals surface area contributed by atoms with Crippen LogP contribution in [0.15, 0.2) is 140 Å². The summed E-state index contributed by atoms with van der Waals surface area (Å²) in [6.45, 7) is 23.7. The van der Waals surface area contributed by atoms with Crippen molar-refractivity contribution in [2.75, 3.05) is 0 Å². The molecule has 5 nitrogen and oxygen atoms in total. The standard InChI is InChI=1S/C55H60N4O/c1-33(2)39-22-16-23-40(34(3)4)51(39)58-30-28-57-48-31-37(9)56-27-29-59(52-46(35(5)6)32-47-44-20-14-15-24-49(44)60-53(47)50(52)36(7)8)54(56)41-18-11-10-17-38(41)25-26-43(48)42-19-12-13-21-45(42)55(57)58/h10-24,27-30,32-36,43,47-48,53H,9,25-26,31H2,1-8H3/q+2. The van der Waals surface area contributed by atoms with Gasteiger partial charge in [0.1, 0.15) is 59.8 Å². The molecule has 3 aliphatic heterocycles. The van der Waals surface area contributed by atoms with E-state index in [0.717, 1.165) is 30.7 Å². The number of ether oxygens (including phenoxy) is 1. The van der Waals surface area contributed by atoms with Crippen LogP contribution in [0.4, 0.5) is 0 Å². The van der Waals surface area contributed by atoms with Crippen molar-refractivity contribution in [1.29, 1.82) is 0 Å². The van der Waals surface area contributed by atoms with Crippen molar-refractivity contribution >= 4 is 11.4 Å². The number of allylic oxidation sites excluding steroid dienone is 3. The maximum atomic E-state index is 6.91. The third kappa shape index (κ3) is 5.94. The lowest BCUT2D eigenvalue weighted by Crippen LogP contribution is -2.47. The molecule has 0 bridgehead atoms. The van der Waals surface area contributed by atoms with Crippen molar-refractivity contribution in [1.82, 2.24) is 9.13 Å². The molecule has 6 aromatic rings. The Morgan fingerprint density at radius 2 is 1.33 bits per heavy atom. The summed E-state index contributed by atoms with van der Waals surface area (Å²) in [5.41, 5.74) is 16.0. The monoisotopic (exact) mass is 792 g/mol. The molecular weight excluding hydrogens is 733 g/mol. The van der Waals surface area contributed by atoms with Gasteiger partial charge in [0, 0.05) is 34.1 Å². The number of nitrogens with zero attached hydrogens (tertiary/aromatic N) is 4. The summed E-state index contributed by atoms with van der Waals surface area (Å²) in [7, 11) is 0.